The van der Waals surface area contributed by atoms with Gasteiger partial charge < -0.3 is 5.32 Å². The average Bonchev–Trinajstić information content (AvgIpc) is 2.32. The van der Waals surface area contributed by atoms with Crippen molar-refractivity contribution in [2.45, 2.75) is 27.7 Å². The number of halogens is 1. The fourth-order valence-corrected chi connectivity index (χ4v) is 2.58. The molecule has 20 heavy (non-hydrogen) atoms. The number of hydrogen-bond acceptors (Lipinski definition) is 2. The topological polar surface area (TPSA) is 42.0 Å². The minimum absolute atomic E-state index is 0.0940. The van der Waals surface area contributed by atoms with Gasteiger partial charge in [-0.1, -0.05) is 17.7 Å². The number of carbonyl (C=O) groups excluding carboxylic acids is 1. The van der Waals surface area contributed by atoms with Crippen LogP contribution in [0.15, 0.2) is 29.0 Å². The molecule has 2 aromatic rings. The Balaban J connectivity index is 2.31. The molecule has 104 valence electrons. The predicted molar refractivity (Wildman–Crippen MR) is 85.3 cm³/mol. The number of benzene rings is 1. The molecule has 1 heterocycles. The summed E-state index contributed by atoms with van der Waals surface area (Å²) in [6.07, 6.45) is 1.65. The van der Waals surface area contributed by atoms with Crippen molar-refractivity contribution in [1.29, 1.82) is 0 Å². The Morgan fingerprint density at radius 1 is 1.05 bits per heavy atom. The summed E-state index contributed by atoms with van der Waals surface area (Å²) in [6.45, 7) is 7.89. The van der Waals surface area contributed by atoms with Gasteiger partial charge in [-0.25, -0.2) is 4.98 Å². The minimum atomic E-state index is -0.0940. The number of anilines is 1. The fraction of sp³-hybridized carbons (Fsp3) is 0.250. The van der Waals surface area contributed by atoms with Crippen molar-refractivity contribution in [1.82, 2.24) is 4.98 Å². The average molecular weight is 333 g/mol. The second-order valence-corrected chi connectivity index (χ2v) is 5.81. The van der Waals surface area contributed by atoms with Gasteiger partial charge in [0.05, 0.1) is 11.9 Å². The van der Waals surface area contributed by atoms with E-state index >= 15 is 0 Å². The highest BCUT2D eigenvalue weighted by Crippen LogP contribution is 2.20. The first-order valence-corrected chi connectivity index (χ1v) is 7.19. The third-order valence-corrected chi connectivity index (χ3v) is 4.01. The molecule has 2 rings (SSSR count). The van der Waals surface area contributed by atoms with Crippen LogP contribution in [-0.4, -0.2) is 10.9 Å². The standard InChI is InChI=1S/C16H17BrN2O/c1-9-5-10(2)14(11(3)6-9)16(20)19-13-7-12(4)15(17)18-8-13/h5-8H,1-4H3,(H,19,20). The molecular formula is C16H17BrN2O. The predicted octanol–water partition coefficient (Wildman–Crippen LogP) is 4.33. The zero-order chi connectivity index (χ0) is 14.9. The number of nitrogens with zero attached hydrogens (tertiary/aromatic N) is 1. The van der Waals surface area contributed by atoms with Gasteiger partial charge in [-0.2, -0.15) is 0 Å². The van der Waals surface area contributed by atoms with Crippen molar-refractivity contribution < 1.29 is 4.79 Å². The molecule has 0 aliphatic carbocycles. The van der Waals surface area contributed by atoms with Crippen LogP contribution < -0.4 is 5.32 Å². The maximum Gasteiger partial charge on any atom is 0.256 e. The van der Waals surface area contributed by atoms with E-state index in [-0.39, 0.29) is 5.91 Å². The minimum Gasteiger partial charge on any atom is -0.321 e. The first-order valence-electron chi connectivity index (χ1n) is 6.40. The Morgan fingerprint density at radius 2 is 1.65 bits per heavy atom. The van der Waals surface area contributed by atoms with Crippen LogP contribution in [0.25, 0.3) is 0 Å². The fourth-order valence-electron chi connectivity index (χ4n) is 2.36. The highest BCUT2D eigenvalue weighted by Gasteiger charge is 2.13. The zero-order valence-corrected chi connectivity index (χ0v) is 13.6. The first kappa shape index (κ1) is 14.7. The second kappa shape index (κ2) is 5.75. The number of aryl methyl sites for hydroxylation is 4. The number of aromatic nitrogens is 1. The summed E-state index contributed by atoms with van der Waals surface area (Å²) >= 11 is 3.35. The Bertz CT molecular complexity index is 657. The lowest BCUT2D eigenvalue weighted by molar-refractivity contribution is 0.102. The molecule has 1 aromatic heterocycles. The number of carbonyl (C=O) groups is 1. The van der Waals surface area contributed by atoms with Crippen molar-refractivity contribution in [3.05, 3.63) is 56.8 Å². The third-order valence-electron chi connectivity index (χ3n) is 3.18. The zero-order valence-electron chi connectivity index (χ0n) is 12.0. The summed E-state index contributed by atoms with van der Waals surface area (Å²) < 4.78 is 0.790. The van der Waals surface area contributed by atoms with E-state index in [1.54, 1.807) is 6.20 Å². The maximum atomic E-state index is 12.4. The summed E-state index contributed by atoms with van der Waals surface area (Å²) in [5.41, 5.74) is 5.56. The van der Waals surface area contributed by atoms with Crippen molar-refractivity contribution in [3.8, 4) is 0 Å². The van der Waals surface area contributed by atoms with E-state index in [0.717, 1.165) is 32.4 Å². The molecule has 4 heteroatoms. The van der Waals surface area contributed by atoms with Gasteiger partial charge >= 0.3 is 0 Å². The SMILES string of the molecule is Cc1cc(C)c(C(=O)Nc2cnc(Br)c(C)c2)c(C)c1. The molecular weight excluding hydrogens is 316 g/mol. The molecule has 3 nitrogen and oxygen atoms in total. The van der Waals surface area contributed by atoms with Crippen LogP contribution in [0.1, 0.15) is 32.6 Å². The smallest absolute Gasteiger partial charge is 0.256 e. The molecule has 0 aliphatic rings. The summed E-state index contributed by atoms with van der Waals surface area (Å²) in [5.74, 6) is -0.0940. The third kappa shape index (κ3) is 3.07. The van der Waals surface area contributed by atoms with Gasteiger partial charge in [0.15, 0.2) is 0 Å². The largest absolute Gasteiger partial charge is 0.321 e. The molecule has 0 aliphatic heterocycles. The number of nitrogens with one attached hydrogen (secondary N) is 1. The molecule has 0 bridgehead atoms. The van der Waals surface area contributed by atoms with Crippen LogP contribution in [-0.2, 0) is 0 Å². The van der Waals surface area contributed by atoms with Gasteiger partial charge in [-0.05, 0) is 66.4 Å². The molecule has 0 radical (unpaired) electrons. The Kier molecular flexibility index (Phi) is 4.23. The van der Waals surface area contributed by atoms with Crippen molar-refractivity contribution in [2.24, 2.45) is 0 Å². The van der Waals surface area contributed by atoms with E-state index in [2.05, 4.69) is 26.2 Å². The van der Waals surface area contributed by atoms with Gasteiger partial charge in [0.1, 0.15) is 4.60 Å². The highest BCUT2D eigenvalue weighted by atomic mass is 79.9. The van der Waals surface area contributed by atoms with Crippen molar-refractivity contribution >= 4 is 27.5 Å². The van der Waals surface area contributed by atoms with Gasteiger partial charge in [0, 0.05) is 5.56 Å². The van der Waals surface area contributed by atoms with Crippen LogP contribution in [0.5, 0.6) is 0 Å². The molecule has 0 saturated heterocycles. The molecule has 0 fully saturated rings. The lowest BCUT2D eigenvalue weighted by Crippen LogP contribution is -2.15. The first-order chi connectivity index (χ1) is 9.38. The van der Waals surface area contributed by atoms with E-state index < -0.39 is 0 Å². The van der Waals surface area contributed by atoms with Gasteiger partial charge in [0.2, 0.25) is 0 Å². The van der Waals surface area contributed by atoms with Gasteiger partial charge in [-0.15, -0.1) is 0 Å². The molecule has 0 atom stereocenters. The van der Waals surface area contributed by atoms with Crippen LogP contribution in [0.2, 0.25) is 0 Å². The number of pyridine rings is 1. The molecule has 0 unspecified atom stereocenters. The van der Waals surface area contributed by atoms with E-state index in [9.17, 15) is 4.79 Å². The van der Waals surface area contributed by atoms with E-state index in [0.29, 0.717) is 5.69 Å². The quantitative estimate of drug-likeness (QED) is 0.831. The molecule has 1 aromatic carbocycles. The Hall–Kier alpha value is -1.68. The summed E-state index contributed by atoms with van der Waals surface area (Å²) in [4.78, 5) is 16.6. The summed E-state index contributed by atoms with van der Waals surface area (Å²) in [7, 11) is 0. The van der Waals surface area contributed by atoms with E-state index in [4.69, 9.17) is 0 Å². The maximum absolute atomic E-state index is 12.4. The van der Waals surface area contributed by atoms with E-state index in [1.807, 2.05) is 45.9 Å². The van der Waals surface area contributed by atoms with Gasteiger partial charge in [0.25, 0.3) is 5.91 Å². The van der Waals surface area contributed by atoms with Crippen molar-refractivity contribution in [3.63, 3.8) is 0 Å². The molecule has 1 N–H and O–H groups in total. The molecule has 0 spiro atoms. The van der Waals surface area contributed by atoms with Crippen LogP contribution >= 0.6 is 15.9 Å². The number of amides is 1. The number of rotatable bonds is 2. The monoisotopic (exact) mass is 332 g/mol. The summed E-state index contributed by atoms with van der Waals surface area (Å²) in [5, 5.41) is 2.91. The number of hydrogen-bond donors (Lipinski definition) is 1. The second-order valence-electron chi connectivity index (χ2n) is 5.06. The van der Waals surface area contributed by atoms with Crippen LogP contribution in [0, 0.1) is 27.7 Å². The lowest BCUT2D eigenvalue weighted by Gasteiger charge is -2.12. The van der Waals surface area contributed by atoms with Crippen molar-refractivity contribution in [2.75, 3.05) is 5.32 Å². The van der Waals surface area contributed by atoms with E-state index in [1.165, 1.54) is 0 Å². The molecule has 1 amide bonds. The highest BCUT2D eigenvalue weighted by molar-refractivity contribution is 9.10. The van der Waals surface area contributed by atoms with Crippen LogP contribution in [0.4, 0.5) is 5.69 Å². The Labute approximate surface area is 127 Å². The Morgan fingerprint density at radius 3 is 2.20 bits per heavy atom. The summed E-state index contributed by atoms with van der Waals surface area (Å²) in [6, 6.07) is 5.94. The van der Waals surface area contributed by atoms with Crippen LogP contribution in [0.3, 0.4) is 0 Å². The lowest BCUT2D eigenvalue weighted by atomic mass is 9.99. The molecule has 0 saturated carbocycles. The normalized spacial score (nSPS) is 10.4. The van der Waals surface area contributed by atoms with Gasteiger partial charge in [-0.3, -0.25) is 4.79 Å².